The fraction of sp³-hybridized carbons (Fsp3) is 0.286. The van der Waals surface area contributed by atoms with Gasteiger partial charge in [0.15, 0.2) is 0 Å². The van der Waals surface area contributed by atoms with Crippen molar-refractivity contribution < 1.29 is 14.7 Å². The molecule has 2 aliphatic heterocycles. The summed E-state index contributed by atoms with van der Waals surface area (Å²) >= 11 is 6.22. The van der Waals surface area contributed by atoms with Crippen LogP contribution >= 0.6 is 11.6 Å². The van der Waals surface area contributed by atoms with Crippen molar-refractivity contribution >= 4 is 40.8 Å². The molecule has 2 aromatic carbocycles. The van der Waals surface area contributed by atoms with E-state index in [1.807, 2.05) is 49.4 Å². The third-order valence-electron chi connectivity index (χ3n) is 6.84. The van der Waals surface area contributed by atoms with Gasteiger partial charge in [-0.2, -0.15) is 0 Å². The molecule has 2 amide bonds. The largest absolute Gasteiger partial charge is 0.390 e. The number of amides is 2. The zero-order valence-corrected chi connectivity index (χ0v) is 20.9. The average molecular weight is 505 g/mol. The summed E-state index contributed by atoms with van der Waals surface area (Å²) in [6, 6.07) is 13.3. The van der Waals surface area contributed by atoms with Crippen molar-refractivity contribution in [3.8, 4) is 11.1 Å². The van der Waals surface area contributed by atoms with E-state index in [2.05, 4.69) is 20.5 Å². The summed E-state index contributed by atoms with van der Waals surface area (Å²) < 4.78 is 0. The molecular formula is C28H29ClN4O3. The number of H-pyrrole nitrogens is 1. The standard InChI is InChI=1S/C28H29ClN4O3/c1-17-23(27(35)31-14-20(34)16-33-10-2-3-11-33)15-30-25(17)13-22-26-21(18-6-4-7-19(29)12-18)8-5-9-24(26)32-28(22)36/h4-9,12-13,15,20,30,34H,2-3,10-11,14,16H2,1H3,(H,31,35)(H,32,36). The van der Waals surface area contributed by atoms with Gasteiger partial charge in [-0.25, -0.2) is 0 Å². The van der Waals surface area contributed by atoms with Crippen molar-refractivity contribution in [1.82, 2.24) is 15.2 Å². The van der Waals surface area contributed by atoms with E-state index in [0.717, 1.165) is 53.9 Å². The second-order valence-corrected chi connectivity index (χ2v) is 9.80. The van der Waals surface area contributed by atoms with Crippen molar-refractivity contribution in [3.63, 3.8) is 0 Å². The first-order valence-electron chi connectivity index (χ1n) is 12.2. The van der Waals surface area contributed by atoms with Crippen molar-refractivity contribution in [3.05, 3.63) is 76.1 Å². The Balaban J connectivity index is 1.37. The number of anilines is 1. The molecule has 36 heavy (non-hydrogen) atoms. The SMILES string of the molecule is Cc1c(C(=O)NCC(O)CN2CCCC2)c[nH]c1C=C1C(=O)Nc2cccc(-c3cccc(Cl)c3)c21. The molecule has 2 aliphatic rings. The summed E-state index contributed by atoms with van der Waals surface area (Å²) in [5.74, 6) is -0.464. The van der Waals surface area contributed by atoms with Crippen LogP contribution in [-0.2, 0) is 4.79 Å². The quantitative estimate of drug-likeness (QED) is 0.360. The van der Waals surface area contributed by atoms with Crippen molar-refractivity contribution in [1.29, 1.82) is 0 Å². The first-order chi connectivity index (χ1) is 17.4. The number of aliphatic hydroxyl groups excluding tert-OH is 1. The van der Waals surface area contributed by atoms with E-state index in [1.165, 1.54) is 0 Å². The number of β-amino-alcohol motifs (C(OH)–C–C–N with tert-alkyl or cyclic N) is 1. The third kappa shape index (κ3) is 4.95. The van der Waals surface area contributed by atoms with E-state index in [1.54, 1.807) is 12.3 Å². The number of halogens is 1. The van der Waals surface area contributed by atoms with Gasteiger partial charge in [-0.3, -0.25) is 9.59 Å². The highest BCUT2D eigenvalue weighted by Gasteiger charge is 2.28. The maximum atomic E-state index is 12.9. The Morgan fingerprint density at radius 1 is 1.22 bits per heavy atom. The van der Waals surface area contributed by atoms with Crippen LogP contribution in [0.1, 0.15) is 40.0 Å². The number of aliphatic hydroxyl groups is 1. The second kappa shape index (κ2) is 10.3. The minimum Gasteiger partial charge on any atom is -0.390 e. The molecule has 0 spiro atoms. The van der Waals surface area contributed by atoms with E-state index in [0.29, 0.717) is 28.4 Å². The van der Waals surface area contributed by atoms with Crippen LogP contribution in [0.15, 0.2) is 48.7 Å². The van der Waals surface area contributed by atoms with Gasteiger partial charge in [-0.15, -0.1) is 0 Å². The zero-order chi connectivity index (χ0) is 25.2. The fourth-order valence-electron chi connectivity index (χ4n) is 4.96. The number of carbonyl (C=O) groups is 2. The van der Waals surface area contributed by atoms with Crippen LogP contribution in [0.25, 0.3) is 22.8 Å². The number of aromatic nitrogens is 1. The Hall–Kier alpha value is -3.39. The lowest BCUT2D eigenvalue weighted by molar-refractivity contribution is -0.110. The molecule has 7 nitrogen and oxygen atoms in total. The summed E-state index contributed by atoms with van der Waals surface area (Å²) in [4.78, 5) is 31.1. The maximum absolute atomic E-state index is 12.9. The summed E-state index contributed by atoms with van der Waals surface area (Å²) in [5.41, 5.74) is 5.75. The number of nitrogens with zero attached hydrogens (tertiary/aromatic N) is 1. The van der Waals surface area contributed by atoms with E-state index in [4.69, 9.17) is 11.6 Å². The predicted molar refractivity (Wildman–Crippen MR) is 143 cm³/mol. The summed E-state index contributed by atoms with van der Waals surface area (Å²) in [6.07, 6.45) is 5.12. The van der Waals surface area contributed by atoms with E-state index in [-0.39, 0.29) is 18.4 Å². The van der Waals surface area contributed by atoms with Crippen LogP contribution in [0.3, 0.4) is 0 Å². The van der Waals surface area contributed by atoms with Gasteiger partial charge >= 0.3 is 0 Å². The van der Waals surface area contributed by atoms with Crippen LogP contribution in [-0.4, -0.2) is 59.1 Å². The number of benzene rings is 2. The lowest BCUT2D eigenvalue weighted by Gasteiger charge is -2.19. The summed E-state index contributed by atoms with van der Waals surface area (Å²) in [6.45, 7) is 4.59. The molecule has 0 aliphatic carbocycles. The highest BCUT2D eigenvalue weighted by atomic mass is 35.5. The van der Waals surface area contributed by atoms with Gasteiger partial charge in [-0.1, -0.05) is 35.9 Å². The van der Waals surface area contributed by atoms with Gasteiger partial charge in [0, 0.05) is 41.3 Å². The Morgan fingerprint density at radius 2 is 2.00 bits per heavy atom. The molecule has 1 atom stereocenters. The van der Waals surface area contributed by atoms with Gasteiger partial charge in [0.05, 0.1) is 17.2 Å². The Bertz CT molecular complexity index is 1340. The maximum Gasteiger partial charge on any atom is 0.256 e. The molecule has 0 bridgehead atoms. The summed E-state index contributed by atoms with van der Waals surface area (Å²) in [5, 5.41) is 16.7. The molecule has 1 unspecified atom stereocenters. The first kappa shape index (κ1) is 24.3. The Labute approximate surface area is 215 Å². The van der Waals surface area contributed by atoms with Crippen molar-refractivity contribution in [2.24, 2.45) is 0 Å². The third-order valence-corrected chi connectivity index (χ3v) is 7.08. The van der Waals surface area contributed by atoms with Crippen LogP contribution in [0, 0.1) is 6.92 Å². The highest BCUT2D eigenvalue weighted by Crippen LogP contribution is 2.41. The highest BCUT2D eigenvalue weighted by molar-refractivity contribution is 6.36. The van der Waals surface area contributed by atoms with Gasteiger partial charge in [-0.05, 0) is 73.8 Å². The van der Waals surface area contributed by atoms with Gasteiger partial charge in [0.25, 0.3) is 11.8 Å². The van der Waals surface area contributed by atoms with E-state index >= 15 is 0 Å². The molecule has 1 saturated heterocycles. The molecule has 186 valence electrons. The molecule has 3 heterocycles. The number of rotatable bonds is 7. The van der Waals surface area contributed by atoms with Gasteiger partial charge < -0.3 is 25.6 Å². The number of aromatic amines is 1. The van der Waals surface area contributed by atoms with Crippen LogP contribution in [0.2, 0.25) is 5.02 Å². The average Bonchev–Trinajstić information content (AvgIpc) is 3.58. The van der Waals surface area contributed by atoms with Gasteiger partial charge in [0.1, 0.15) is 0 Å². The van der Waals surface area contributed by atoms with Crippen molar-refractivity contribution in [2.45, 2.75) is 25.9 Å². The predicted octanol–water partition coefficient (Wildman–Crippen LogP) is 4.32. The van der Waals surface area contributed by atoms with E-state index < -0.39 is 6.10 Å². The second-order valence-electron chi connectivity index (χ2n) is 9.36. The number of hydrogen-bond donors (Lipinski definition) is 4. The molecule has 5 rings (SSSR count). The molecule has 0 saturated carbocycles. The minimum absolute atomic E-state index is 0.190. The molecular weight excluding hydrogens is 476 g/mol. The number of hydrogen-bond acceptors (Lipinski definition) is 4. The molecule has 1 fully saturated rings. The van der Waals surface area contributed by atoms with Crippen LogP contribution in [0.4, 0.5) is 5.69 Å². The summed E-state index contributed by atoms with van der Waals surface area (Å²) in [7, 11) is 0. The zero-order valence-electron chi connectivity index (χ0n) is 20.1. The molecule has 1 aromatic heterocycles. The van der Waals surface area contributed by atoms with Crippen LogP contribution < -0.4 is 10.6 Å². The monoisotopic (exact) mass is 504 g/mol. The minimum atomic E-state index is -0.614. The number of fused-ring (bicyclic) bond motifs is 1. The molecule has 8 heteroatoms. The number of likely N-dealkylation sites (tertiary alicyclic amines) is 1. The fourth-order valence-corrected chi connectivity index (χ4v) is 5.15. The normalized spacial score (nSPS) is 17.3. The van der Waals surface area contributed by atoms with E-state index in [9.17, 15) is 14.7 Å². The van der Waals surface area contributed by atoms with Crippen LogP contribution in [0.5, 0.6) is 0 Å². The topological polar surface area (TPSA) is 97.5 Å². The lowest BCUT2D eigenvalue weighted by atomic mass is 9.94. The number of carbonyl (C=O) groups excluding carboxylic acids is 2. The van der Waals surface area contributed by atoms with Gasteiger partial charge in [0.2, 0.25) is 0 Å². The Morgan fingerprint density at radius 3 is 2.78 bits per heavy atom. The first-order valence-corrected chi connectivity index (χ1v) is 12.6. The molecule has 4 N–H and O–H groups in total. The molecule has 3 aromatic rings. The smallest absolute Gasteiger partial charge is 0.256 e. The number of nitrogens with one attached hydrogen (secondary N) is 3. The lowest BCUT2D eigenvalue weighted by Crippen LogP contribution is -2.39. The van der Waals surface area contributed by atoms with Crippen molar-refractivity contribution in [2.75, 3.05) is 31.5 Å². The molecule has 0 radical (unpaired) electrons. The Kier molecular flexibility index (Phi) is 6.96.